The zero-order chi connectivity index (χ0) is 30.8. The fourth-order valence-electron chi connectivity index (χ4n) is 5.49. The van der Waals surface area contributed by atoms with Crippen molar-refractivity contribution in [1.29, 1.82) is 5.26 Å². The van der Waals surface area contributed by atoms with Crippen molar-refractivity contribution < 1.29 is 23.9 Å². The Kier molecular flexibility index (Phi) is 7.87. The largest absolute Gasteiger partial charge is 0.503 e. The molecule has 0 saturated carbocycles. The zero-order valence-electron chi connectivity index (χ0n) is 24.0. The van der Waals surface area contributed by atoms with Crippen molar-refractivity contribution in [3.8, 4) is 17.6 Å². The third-order valence-electron chi connectivity index (χ3n) is 7.47. The molecule has 0 unspecified atom stereocenters. The molecule has 44 heavy (non-hydrogen) atoms. The number of hydrogen-bond donors (Lipinski definition) is 2. The molecule has 0 spiro atoms. The molecule has 0 bridgehead atoms. The first-order valence-electron chi connectivity index (χ1n) is 14.0. The van der Waals surface area contributed by atoms with Crippen LogP contribution in [0.1, 0.15) is 28.1 Å². The zero-order valence-corrected chi connectivity index (χ0v) is 24.8. The van der Waals surface area contributed by atoms with Gasteiger partial charge in [-0.1, -0.05) is 18.2 Å². The summed E-state index contributed by atoms with van der Waals surface area (Å²) in [7, 11) is 1.37. The fourth-order valence-corrected chi connectivity index (χ4v) is 6.52. The van der Waals surface area contributed by atoms with Gasteiger partial charge in [0, 0.05) is 25.3 Å². The van der Waals surface area contributed by atoms with E-state index >= 15 is 0 Å². The Morgan fingerprint density at radius 2 is 1.98 bits per heavy atom. The van der Waals surface area contributed by atoms with E-state index in [2.05, 4.69) is 15.6 Å². The van der Waals surface area contributed by atoms with Crippen molar-refractivity contribution in [1.82, 2.24) is 15.2 Å². The van der Waals surface area contributed by atoms with Gasteiger partial charge >= 0.3 is 6.03 Å². The lowest BCUT2D eigenvalue weighted by Gasteiger charge is -2.33. The first-order chi connectivity index (χ1) is 21.4. The number of carbonyl (C=O) groups excluding carboxylic acids is 3. The number of amides is 4. The van der Waals surface area contributed by atoms with E-state index in [1.165, 1.54) is 23.3 Å². The number of likely N-dealkylation sites (tertiary alicyclic amines) is 1. The summed E-state index contributed by atoms with van der Waals surface area (Å²) in [6, 6.07) is 17.9. The van der Waals surface area contributed by atoms with E-state index in [4.69, 9.17) is 9.47 Å². The highest BCUT2D eigenvalue weighted by Crippen LogP contribution is 2.46. The van der Waals surface area contributed by atoms with Gasteiger partial charge in [-0.15, -0.1) is 11.3 Å². The molecule has 222 valence electrons. The van der Waals surface area contributed by atoms with Gasteiger partial charge < -0.3 is 25.0 Å². The number of hydrogen-bond acceptors (Lipinski definition) is 8. The van der Waals surface area contributed by atoms with Crippen LogP contribution < -0.4 is 20.3 Å². The first kappa shape index (κ1) is 28.7. The standard InChI is InChI=1S/C32H28N6O5S/c1-19-15-23(43-22-8-4-3-5-9-22)10-11-24(19)38-25-12-13-34-30-26(25)27(36-32(38)41)28(44-30)29(39)35-21-7-6-14-37(17-21)31(40)20(16-33)18-42-2/h3-5,8-13,15,18,21H,6-7,14,17H2,1-2H3,(H,35,39)(H,36,41)/t21-/m1/s1. The molecule has 4 amide bonds. The van der Waals surface area contributed by atoms with Crippen LogP contribution in [0.25, 0.3) is 10.2 Å². The van der Waals surface area contributed by atoms with Gasteiger partial charge in [0.05, 0.1) is 29.6 Å². The molecule has 2 aliphatic heterocycles. The summed E-state index contributed by atoms with van der Waals surface area (Å²) in [5.74, 6) is 0.545. The van der Waals surface area contributed by atoms with Crippen LogP contribution in [-0.4, -0.2) is 54.0 Å². The smallest absolute Gasteiger partial charge is 0.331 e. The lowest BCUT2D eigenvalue weighted by molar-refractivity contribution is -0.128. The number of ether oxygens (including phenoxy) is 2. The van der Waals surface area contributed by atoms with Crippen LogP contribution in [0, 0.1) is 18.3 Å². The molecule has 12 heteroatoms. The number of nitriles is 1. The normalized spacial score (nSPS) is 16.2. The summed E-state index contributed by atoms with van der Waals surface area (Å²) < 4.78 is 10.8. The van der Waals surface area contributed by atoms with Gasteiger partial charge in [0.25, 0.3) is 11.8 Å². The van der Waals surface area contributed by atoms with Gasteiger partial charge in [0.15, 0.2) is 5.57 Å². The van der Waals surface area contributed by atoms with Crippen LogP contribution in [0.15, 0.2) is 72.6 Å². The molecule has 2 aliphatic rings. The molecule has 4 heterocycles. The van der Waals surface area contributed by atoms with E-state index in [0.717, 1.165) is 11.8 Å². The van der Waals surface area contributed by atoms with E-state index in [9.17, 15) is 19.6 Å². The number of methoxy groups -OCH3 is 1. The lowest BCUT2D eigenvalue weighted by atomic mass is 10.0. The van der Waals surface area contributed by atoms with Crippen LogP contribution in [0.4, 0.5) is 21.9 Å². The number of anilines is 3. The van der Waals surface area contributed by atoms with Crippen molar-refractivity contribution in [2.24, 2.45) is 0 Å². The van der Waals surface area contributed by atoms with Crippen molar-refractivity contribution in [2.45, 2.75) is 25.8 Å². The molecule has 0 aliphatic carbocycles. The van der Waals surface area contributed by atoms with E-state index in [0.29, 0.717) is 63.0 Å². The van der Waals surface area contributed by atoms with Crippen molar-refractivity contribution >= 4 is 56.5 Å². The molecule has 4 aromatic rings. The molecule has 1 fully saturated rings. The van der Waals surface area contributed by atoms with E-state index in [1.807, 2.05) is 61.5 Å². The molecular weight excluding hydrogens is 580 g/mol. The van der Waals surface area contributed by atoms with E-state index in [1.54, 1.807) is 17.2 Å². The third-order valence-corrected chi connectivity index (χ3v) is 8.57. The van der Waals surface area contributed by atoms with E-state index < -0.39 is 11.9 Å². The van der Waals surface area contributed by atoms with Crippen LogP contribution in [0.5, 0.6) is 11.5 Å². The summed E-state index contributed by atoms with van der Waals surface area (Å²) in [4.78, 5) is 48.5. The first-order valence-corrected chi connectivity index (χ1v) is 14.8. The average Bonchev–Trinajstić information content (AvgIpc) is 3.40. The highest BCUT2D eigenvalue weighted by molar-refractivity contribution is 7.21. The van der Waals surface area contributed by atoms with Crippen LogP contribution in [-0.2, 0) is 9.53 Å². The summed E-state index contributed by atoms with van der Waals surface area (Å²) in [5, 5.41) is 15.9. The van der Waals surface area contributed by atoms with Crippen molar-refractivity contribution in [3.05, 3.63) is 83.1 Å². The molecule has 11 nitrogen and oxygen atoms in total. The molecule has 0 radical (unpaired) electrons. The average molecular weight is 609 g/mol. The molecule has 1 atom stereocenters. The van der Waals surface area contributed by atoms with Crippen molar-refractivity contribution in [2.75, 3.05) is 30.4 Å². The fraction of sp³-hybridized carbons (Fsp3) is 0.219. The maximum Gasteiger partial charge on any atom is 0.331 e. The second kappa shape index (κ2) is 12.1. The quantitative estimate of drug-likeness (QED) is 0.152. The Morgan fingerprint density at radius 1 is 1.16 bits per heavy atom. The molecule has 6 rings (SSSR count). The minimum atomic E-state index is -0.443. The number of piperidine rings is 1. The predicted octanol–water partition coefficient (Wildman–Crippen LogP) is 5.86. The molecule has 2 aromatic heterocycles. The molecule has 1 saturated heterocycles. The molecule has 2 aromatic carbocycles. The highest BCUT2D eigenvalue weighted by atomic mass is 32.1. The number of aromatic nitrogens is 1. The second-order valence-corrected chi connectivity index (χ2v) is 11.4. The number of thiophene rings is 1. The number of nitrogens with zero attached hydrogens (tertiary/aromatic N) is 4. The number of pyridine rings is 1. The summed E-state index contributed by atoms with van der Waals surface area (Å²) >= 11 is 1.19. The Labute approximate surface area is 257 Å². The number of aryl methyl sites for hydroxylation is 1. The highest BCUT2D eigenvalue weighted by Gasteiger charge is 2.34. The van der Waals surface area contributed by atoms with E-state index in [-0.39, 0.29) is 24.1 Å². The molecule has 2 N–H and O–H groups in total. The number of para-hydroxylation sites is 1. The van der Waals surface area contributed by atoms with Gasteiger partial charge in [-0.3, -0.25) is 14.5 Å². The van der Waals surface area contributed by atoms with Gasteiger partial charge in [-0.25, -0.2) is 9.78 Å². The van der Waals surface area contributed by atoms with Gasteiger partial charge in [-0.2, -0.15) is 5.26 Å². The minimum absolute atomic E-state index is 0.104. The monoisotopic (exact) mass is 608 g/mol. The lowest BCUT2D eigenvalue weighted by Crippen LogP contribution is -2.50. The topological polar surface area (TPSA) is 137 Å². The maximum absolute atomic E-state index is 13.6. The number of urea groups is 1. The van der Waals surface area contributed by atoms with Gasteiger partial charge in [0.1, 0.15) is 33.5 Å². The number of nitrogens with one attached hydrogen (secondary N) is 2. The summed E-state index contributed by atoms with van der Waals surface area (Å²) in [6.07, 6.45) is 4.07. The SMILES string of the molecule is COC=C(C#N)C(=O)N1CCC[C@@H](NC(=O)c2sc3nccc4c3c2NC(=O)N4c2ccc(Oc3ccccc3)cc2C)C1. The van der Waals surface area contributed by atoms with Crippen molar-refractivity contribution in [3.63, 3.8) is 0 Å². The Hall–Kier alpha value is -5.41. The van der Waals surface area contributed by atoms with Crippen LogP contribution in [0.3, 0.4) is 0 Å². The van der Waals surface area contributed by atoms with Crippen LogP contribution in [0.2, 0.25) is 0 Å². The molecular formula is C32H28N6O5S. The Balaban J connectivity index is 1.25. The third kappa shape index (κ3) is 5.41. The summed E-state index contributed by atoms with van der Waals surface area (Å²) in [6.45, 7) is 2.63. The van der Waals surface area contributed by atoms with Gasteiger partial charge in [0.2, 0.25) is 0 Å². The summed E-state index contributed by atoms with van der Waals surface area (Å²) in [5.41, 5.74) is 2.42. The predicted molar refractivity (Wildman–Crippen MR) is 166 cm³/mol. The van der Waals surface area contributed by atoms with Crippen LogP contribution >= 0.6 is 11.3 Å². The second-order valence-electron chi connectivity index (χ2n) is 10.4. The Bertz CT molecular complexity index is 1850. The number of benzene rings is 2. The Morgan fingerprint density at radius 3 is 2.73 bits per heavy atom. The minimum Gasteiger partial charge on any atom is -0.503 e. The van der Waals surface area contributed by atoms with Gasteiger partial charge in [-0.05, 0) is 61.7 Å². The maximum atomic E-state index is 13.6. The number of carbonyl (C=O) groups is 3. The number of rotatable bonds is 7.